The van der Waals surface area contributed by atoms with Crippen LogP contribution in [0.25, 0.3) is 0 Å². The van der Waals surface area contributed by atoms with Gasteiger partial charge in [-0.1, -0.05) is 30.5 Å². The summed E-state index contributed by atoms with van der Waals surface area (Å²) in [4.78, 5) is 23.9. The average molecular weight is 319 g/mol. The molecule has 1 aliphatic carbocycles. The first-order valence-corrected chi connectivity index (χ1v) is 8.10. The van der Waals surface area contributed by atoms with E-state index >= 15 is 0 Å². The number of rotatable bonds is 5. The fraction of sp³-hybridized carbons (Fsp3) is 0.556. The van der Waals surface area contributed by atoms with E-state index < -0.39 is 23.5 Å². The van der Waals surface area contributed by atoms with Gasteiger partial charge in [-0.3, -0.25) is 9.59 Å². The van der Waals surface area contributed by atoms with E-state index in [0.29, 0.717) is 18.6 Å². The predicted octanol–water partition coefficient (Wildman–Crippen LogP) is 2.91. The number of aliphatic carboxylic acids is 1. The van der Waals surface area contributed by atoms with Crippen LogP contribution in [0.15, 0.2) is 24.3 Å². The van der Waals surface area contributed by atoms with Crippen molar-refractivity contribution >= 4 is 11.9 Å². The molecular formula is C18H25NO4. The largest absolute Gasteiger partial charge is 0.481 e. The fourth-order valence-corrected chi connectivity index (χ4v) is 3.14. The summed E-state index contributed by atoms with van der Waals surface area (Å²) in [5.41, 5.74) is 0.403. The summed E-state index contributed by atoms with van der Waals surface area (Å²) < 4.78 is 5.65. The predicted molar refractivity (Wildman–Crippen MR) is 87.4 cm³/mol. The molecule has 0 heterocycles. The maximum Gasteiger partial charge on any atom is 0.308 e. The summed E-state index contributed by atoms with van der Waals surface area (Å²) in [5, 5.41) is 12.3. The van der Waals surface area contributed by atoms with Crippen LogP contribution in [0.3, 0.4) is 0 Å². The molecule has 1 aromatic carbocycles. The Bertz CT molecular complexity index is 569. The molecular weight excluding hydrogens is 294 g/mol. The molecule has 3 atom stereocenters. The molecule has 1 aliphatic rings. The quantitative estimate of drug-likeness (QED) is 0.875. The SMILES string of the molecule is Cc1ccc(OC(C)C(=O)NC2(C)CCCCC2C(=O)O)cc1. The molecule has 0 aromatic heterocycles. The van der Waals surface area contributed by atoms with Gasteiger partial charge >= 0.3 is 5.97 Å². The number of hydrogen-bond acceptors (Lipinski definition) is 3. The van der Waals surface area contributed by atoms with Gasteiger partial charge < -0.3 is 15.2 Å². The second-order valence-corrected chi connectivity index (χ2v) is 6.62. The lowest BCUT2D eigenvalue weighted by Gasteiger charge is -2.40. The van der Waals surface area contributed by atoms with Gasteiger partial charge in [0.1, 0.15) is 5.75 Å². The molecule has 0 saturated heterocycles. The van der Waals surface area contributed by atoms with Crippen molar-refractivity contribution in [2.45, 2.75) is 58.1 Å². The van der Waals surface area contributed by atoms with Crippen LogP contribution in [-0.4, -0.2) is 28.6 Å². The Morgan fingerprint density at radius 1 is 1.30 bits per heavy atom. The molecule has 1 aromatic rings. The van der Waals surface area contributed by atoms with Gasteiger partial charge in [-0.05, 0) is 45.7 Å². The Morgan fingerprint density at radius 3 is 2.57 bits per heavy atom. The zero-order valence-electron chi connectivity index (χ0n) is 14.0. The molecule has 23 heavy (non-hydrogen) atoms. The van der Waals surface area contributed by atoms with Gasteiger partial charge in [-0.2, -0.15) is 0 Å². The number of amides is 1. The van der Waals surface area contributed by atoms with Crippen LogP contribution < -0.4 is 10.1 Å². The molecule has 126 valence electrons. The molecule has 5 nitrogen and oxygen atoms in total. The first-order chi connectivity index (χ1) is 10.8. The molecule has 1 fully saturated rings. The normalized spacial score (nSPS) is 25.4. The second kappa shape index (κ2) is 7.02. The molecule has 0 aliphatic heterocycles. The van der Waals surface area contributed by atoms with Crippen molar-refractivity contribution in [3.8, 4) is 5.75 Å². The van der Waals surface area contributed by atoms with Crippen molar-refractivity contribution in [2.24, 2.45) is 5.92 Å². The van der Waals surface area contributed by atoms with Gasteiger partial charge in [0, 0.05) is 0 Å². The van der Waals surface area contributed by atoms with Crippen LogP contribution >= 0.6 is 0 Å². The number of nitrogens with one attached hydrogen (secondary N) is 1. The minimum absolute atomic E-state index is 0.277. The number of carbonyl (C=O) groups is 2. The highest BCUT2D eigenvalue weighted by Crippen LogP contribution is 2.34. The van der Waals surface area contributed by atoms with Gasteiger partial charge in [0.05, 0.1) is 11.5 Å². The van der Waals surface area contributed by atoms with E-state index in [4.69, 9.17) is 4.74 Å². The Balaban J connectivity index is 2.01. The molecule has 1 saturated carbocycles. The average Bonchev–Trinajstić information content (AvgIpc) is 2.49. The Hall–Kier alpha value is -2.04. The summed E-state index contributed by atoms with van der Waals surface area (Å²) in [5.74, 6) is -1.05. The monoisotopic (exact) mass is 319 g/mol. The standard InChI is InChI=1S/C18H25NO4/c1-12-7-9-14(10-8-12)23-13(2)16(20)19-18(3)11-5-4-6-15(18)17(21)22/h7-10,13,15H,4-6,11H2,1-3H3,(H,19,20)(H,21,22). The lowest BCUT2D eigenvalue weighted by molar-refractivity contribution is -0.147. The molecule has 3 unspecified atom stereocenters. The van der Waals surface area contributed by atoms with Crippen molar-refractivity contribution in [2.75, 3.05) is 0 Å². The number of carboxylic acids is 1. The number of hydrogen-bond donors (Lipinski definition) is 2. The zero-order chi connectivity index (χ0) is 17.0. The Morgan fingerprint density at radius 2 is 1.96 bits per heavy atom. The minimum atomic E-state index is -0.848. The van der Waals surface area contributed by atoms with Crippen molar-refractivity contribution in [1.29, 1.82) is 0 Å². The van der Waals surface area contributed by atoms with E-state index in [2.05, 4.69) is 5.32 Å². The highest BCUT2D eigenvalue weighted by atomic mass is 16.5. The Kier molecular flexibility index (Phi) is 5.29. The highest BCUT2D eigenvalue weighted by Gasteiger charge is 2.42. The summed E-state index contributed by atoms with van der Waals surface area (Å²) >= 11 is 0. The number of aryl methyl sites for hydroxylation is 1. The first kappa shape index (κ1) is 17.3. The third kappa shape index (κ3) is 4.24. The molecule has 0 bridgehead atoms. The van der Waals surface area contributed by atoms with E-state index in [1.807, 2.05) is 38.1 Å². The van der Waals surface area contributed by atoms with E-state index in [0.717, 1.165) is 18.4 Å². The Labute approximate surface area is 137 Å². The summed E-state index contributed by atoms with van der Waals surface area (Å²) in [7, 11) is 0. The van der Waals surface area contributed by atoms with E-state index in [9.17, 15) is 14.7 Å². The lowest BCUT2D eigenvalue weighted by Crippen LogP contribution is -2.57. The minimum Gasteiger partial charge on any atom is -0.481 e. The number of ether oxygens (including phenoxy) is 1. The molecule has 2 rings (SSSR count). The van der Waals surface area contributed by atoms with Gasteiger partial charge in [0.2, 0.25) is 0 Å². The maximum atomic E-state index is 12.4. The topological polar surface area (TPSA) is 75.6 Å². The van der Waals surface area contributed by atoms with Crippen LogP contribution in [-0.2, 0) is 9.59 Å². The number of carboxylic acid groups (broad SMARTS) is 1. The molecule has 0 radical (unpaired) electrons. The van der Waals surface area contributed by atoms with Crippen LogP contribution in [0.2, 0.25) is 0 Å². The van der Waals surface area contributed by atoms with Gasteiger partial charge in [-0.15, -0.1) is 0 Å². The summed E-state index contributed by atoms with van der Waals surface area (Å²) in [6.07, 6.45) is 2.41. The van der Waals surface area contributed by atoms with Crippen molar-refractivity contribution < 1.29 is 19.4 Å². The van der Waals surface area contributed by atoms with Crippen LogP contribution in [0.4, 0.5) is 0 Å². The highest BCUT2D eigenvalue weighted by molar-refractivity contribution is 5.83. The molecule has 5 heteroatoms. The van der Waals surface area contributed by atoms with Crippen LogP contribution in [0.5, 0.6) is 5.75 Å². The summed E-state index contributed by atoms with van der Waals surface area (Å²) in [6.45, 7) is 5.48. The lowest BCUT2D eigenvalue weighted by atomic mass is 9.74. The van der Waals surface area contributed by atoms with Crippen LogP contribution in [0.1, 0.15) is 45.1 Å². The second-order valence-electron chi connectivity index (χ2n) is 6.62. The molecule has 1 amide bonds. The van der Waals surface area contributed by atoms with E-state index in [1.54, 1.807) is 6.92 Å². The molecule has 2 N–H and O–H groups in total. The number of carbonyl (C=O) groups excluding carboxylic acids is 1. The maximum absolute atomic E-state index is 12.4. The molecule has 0 spiro atoms. The zero-order valence-corrected chi connectivity index (χ0v) is 14.0. The van der Waals surface area contributed by atoms with Crippen molar-refractivity contribution in [3.63, 3.8) is 0 Å². The van der Waals surface area contributed by atoms with E-state index in [-0.39, 0.29) is 5.91 Å². The third-order valence-corrected chi connectivity index (χ3v) is 4.62. The van der Waals surface area contributed by atoms with Gasteiger partial charge in [-0.25, -0.2) is 0 Å². The smallest absolute Gasteiger partial charge is 0.308 e. The van der Waals surface area contributed by atoms with Crippen molar-refractivity contribution in [3.05, 3.63) is 29.8 Å². The summed E-state index contributed by atoms with van der Waals surface area (Å²) in [6, 6.07) is 7.48. The van der Waals surface area contributed by atoms with Gasteiger partial charge in [0.25, 0.3) is 5.91 Å². The number of benzene rings is 1. The van der Waals surface area contributed by atoms with E-state index in [1.165, 1.54) is 0 Å². The van der Waals surface area contributed by atoms with Gasteiger partial charge in [0.15, 0.2) is 6.10 Å². The third-order valence-electron chi connectivity index (χ3n) is 4.62. The van der Waals surface area contributed by atoms with Crippen molar-refractivity contribution in [1.82, 2.24) is 5.32 Å². The fourth-order valence-electron chi connectivity index (χ4n) is 3.14. The van der Waals surface area contributed by atoms with Crippen LogP contribution in [0, 0.1) is 12.8 Å². The first-order valence-electron chi connectivity index (χ1n) is 8.10.